The molecule has 2 atom stereocenters. The van der Waals surface area contributed by atoms with Crippen molar-refractivity contribution in [1.29, 1.82) is 0 Å². The number of aliphatic hydroxyl groups excluding tert-OH is 1. The summed E-state index contributed by atoms with van der Waals surface area (Å²) in [6, 6.07) is 9.76. The Hall–Kier alpha value is -3.36. The van der Waals surface area contributed by atoms with E-state index in [0.29, 0.717) is 12.3 Å². The molecule has 7 nitrogen and oxygen atoms in total. The third-order valence-corrected chi connectivity index (χ3v) is 6.32. The molecule has 0 radical (unpaired) electrons. The van der Waals surface area contributed by atoms with Crippen molar-refractivity contribution in [3.63, 3.8) is 0 Å². The number of nitrogens with zero attached hydrogens (tertiary/aromatic N) is 3. The molecule has 5 rings (SSSR count). The molecule has 2 aromatic heterocycles. The SMILES string of the molecule is C[C@H](O[C@H]1CCCCO1)c1nccn1Cc1cc(-c2ccc(C#CC#CC3CC(O)C3)cc2)on1. The van der Waals surface area contributed by atoms with Gasteiger partial charge in [-0.15, -0.1) is 0 Å². The van der Waals surface area contributed by atoms with E-state index in [0.717, 1.165) is 61.4 Å². The molecule has 0 spiro atoms. The number of rotatable bonds is 6. The van der Waals surface area contributed by atoms with Crippen LogP contribution in [-0.4, -0.2) is 38.8 Å². The average molecular weight is 472 g/mol. The summed E-state index contributed by atoms with van der Waals surface area (Å²) in [7, 11) is 0. The lowest BCUT2D eigenvalue weighted by Crippen LogP contribution is -2.26. The Morgan fingerprint density at radius 3 is 2.83 bits per heavy atom. The number of imidazole rings is 1. The van der Waals surface area contributed by atoms with Crippen LogP contribution < -0.4 is 0 Å². The zero-order valence-electron chi connectivity index (χ0n) is 19.8. The quantitative estimate of drug-likeness (QED) is 0.540. The van der Waals surface area contributed by atoms with Crippen LogP contribution in [0.5, 0.6) is 0 Å². The van der Waals surface area contributed by atoms with Crippen LogP contribution >= 0.6 is 0 Å². The fourth-order valence-corrected chi connectivity index (χ4v) is 4.28. The van der Waals surface area contributed by atoms with E-state index in [-0.39, 0.29) is 24.4 Å². The predicted molar refractivity (Wildman–Crippen MR) is 130 cm³/mol. The van der Waals surface area contributed by atoms with Gasteiger partial charge >= 0.3 is 0 Å². The van der Waals surface area contributed by atoms with Crippen LogP contribution in [0.15, 0.2) is 47.2 Å². The highest BCUT2D eigenvalue weighted by Gasteiger charge is 2.25. The van der Waals surface area contributed by atoms with Crippen LogP contribution in [0.25, 0.3) is 11.3 Å². The molecule has 1 aromatic carbocycles. The highest BCUT2D eigenvalue weighted by atomic mass is 16.7. The Morgan fingerprint density at radius 1 is 1.20 bits per heavy atom. The van der Waals surface area contributed by atoms with Gasteiger partial charge in [-0.2, -0.15) is 0 Å². The Bertz CT molecular complexity index is 1240. The molecule has 3 aromatic rings. The van der Waals surface area contributed by atoms with Crippen molar-refractivity contribution in [2.24, 2.45) is 5.92 Å². The summed E-state index contributed by atoms with van der Waals surface area (Å²) in [5, 5.41) is 13.5. The smallest absolute Gasteiger partial charge is 0.167 e. The molecule has 2 fully saturated rings. The number of ether oxygens (including phenoxy) is 2. The molecule has 7 heteroatoms. The molecule has 1 aliphatic heterocycles. The van der Waals surface area contributed by atoms with E-state index in [1.807, 2.05) is 48.0 Å². The number of aliphatic hydroxyl groups is 1. The summed E-state index contributed by atoms with van der Waals surface area (Å²) in [5.41, 5.74) is 2.62. The van der Waals surface area contributed by atoms with Crippen LogP contribution in [0, 0.1) is 29.6 Å². The average Bonchev–Trinajstić information content (AvgIpc) is 3.52. The van der Waals surface area contributed by atoms with Crippen molar-refractivity contribution in [2.75, 3.05) is 6.61 Å². The third-order valence-electron chi connectivity index (χ3n) is 6.32. The summed E-state index contributed by atoms with van der Waals surface area (Å²) in [6.45, 7) is 3.29. The zero-order valence-corrected chi connectivity index (χ0v) is 19.8. The van der Waals surface area contributed by atoms with Crippen molar-refractivity contribution in [3.05, 3.63) is 59.8 Å². The number of hydrogen-bond donors (Lipinski definition) is 1. The van der Waals surface area contributed by atoms with E-state index in [9.17, 15) is 5.11 Å². The van der Waals surface area contributed by atoms with E-state index in [1.165, 1.54) is 0 Å². The lowest BCUT2D eigenvalue weighted by molar-refractivity contribution is -0.188. The molecule has 1 aliphatic carbocycles. The second-order valence-electron chi connectivity index (χ2n) is 9.09. The van der Waals surface area contributed by atoms with Gasteiger partial charge < -0.3 is 23.7 Å². The first-order chi connectivity index (χ1) is 17.1. The first kappa shape index (κ1) is 23.4. The first-order valence-electron chi connectivity index (χ1n) is 12.2. The number of aromatic nitrogens is 3. The minimum Gasteiger partial charge on any atom is -0.393 e. The van der Waals surface area contributed by atoms with E-state index in [4.69, 9.17) is 14.0 Å². The van der Waals surface area contributed by atoms with Crippen LogP contribution in [-0.2, 0) is 16.0 Å². The van der Waals surface area contributed by atoms with E-state index in [1.54, 1.807) is 6.20 Å². The summed E-state index contributed by atoms with van der Waals surface area (Å²) in [4.78, 5) is 4.49. The summed E-state index contributed by atoms with van der Waals surface area (Å²) in [5.74, 6) is 13.7. The predicted octanol–water partition coefficient (Wildman–Crippen LogP) is 4.32. The Balaban J connectivity index is 1.19. The zero-order chi connectivity index (χ0) is 24.0. The third kappa shape index (κ3) is 6.01. The van der Waals surface area contributed by atoms with Gasteiger partial charge in [-0.25, -0.2) is 4.98 Å². The highest BCUT2D eigenvalue weighted by molar-refractivity contribution is 5.59. The van der Waals surface area contributed by atoms with Crippen molar-refractivity contribution in [3.8, 4) is 35.0 Å². The van der Waals surface area contributed by atoms with Gasteiger partial charge in [0.25, 0.3) is 0 Å². The molecular formula is C28H29N3O4. The molecular weight excluding hydrogens is 442 g/mol. The van der Waals surface area contributed by atoms with E-state index < -0.39 is 0 Å². The monoisotopic (exact) mass is 471 g/mol. The second kappa shape index (κ2) is 10.9. The second-order valence-corrected chi connectivity index (χ2v) is 9.09. The van der Waals surface area contributed by atoms with Crippen molar-refractivity contribution < 1.29 is 19.1 Å². The highest BCUT2D eigenvalue weighted by Crippen LogP contribution is 2.26. The van der Waals surface area contributed by atoms with E-state index >= 15 is 0 Å². The summed E-state index contributed by atoms with van der Waals surface area (Å²) < 4.78 is 19.4. The normalized spacial score (nSPS) is 22.3. The van der Waals surface area contributed by atoms with Gasteiger partial charge in [0.15, 0.2) is 12.1 Å². The minimum atomic E-state index is -0.188. The summed E-state index contributed by atoms with van der Waals surface area (Å²) >= 11 is 0. The van der Waals surface area contributed by atoms with Crippen molar-refractivity contribution in [1.82, 2.24) is 14.7 Å². The van der Waals surface area contributed by atoms with Gasteiger partial charge in [0, 0.05) is 42.1 Å². The van der Waals surface area contributed by atoms with Crippen LogP contribution in [0.2, 0.25) is 0 Å². The lowest BCUT2D eigenvalue weighted by atomic mass is 9.83. The first-order valence-corrected chi connectivity index (χ1v) is 12.2. The maximum Gasteiger partial charge on any atom is 0.167 e. The van der Waals surface area contributed by atoms with E-state index in [2.05, 4.69) is 33.8 Å². The maximum atomic E-state index is 9.30. The maximum absolute atomic E-state index is 9.30. The Morgan fingerprint density at radius 2 is 2.06 bits per heavy atom. The van der Waals surface area contributed by atoms with Crippen molar-refractivity contribution in [2.45, 2.75) is 64.1 Å². The van der Waals surface area contributed by atoms with Crippen molar-refractivity contribution >= 4 is 0 Å². The molecule has 0 amide bonds. The van der Waals surface area contributed by atoms with Gasteiger partial charge in [0.1, 0.15) is 17.6 Å². The number of hydrogen-bond acceptors (Lipinski definition) is 6. The molecule has 0 bridgehead atoms. The lowest BCUT2D eigenvalue weighted by Gasteiger charge is -2.26. The Labute approximate surface area is 205 Å². The van der Waals surface area contributed by atoms with Gasteiger partial charge in [0.05, 0.1) is 12.6 Å². The largest absolute Gasteiger partial charge is 0.393 e. The minimum absolute atomic E-state index is 0.168. The van der Waals surface area contributed by atoms with Crippen LogP contribution in [0.3, 0.4) is 0 Å². The fourth-order valence-electron chi connectivity index (χ4n) is 4.28. The molecule has 2 aliphatic rings. The van der Waals surface area contributed by atoms with Gasteiger partial charge in [-0.1, -0.05) is 17.0 Å². The van der Waals surface area contributed by atoms with Crippen LogP contribution in [0.1, 0.15) is 62.2 Å². The van der Waals surface area contributed by atoms with Gasteiger partial charge in [-0.05, 0) is 75.1 Å². The number of benzene rings is 1. The molecule has 35 heavy (non-hydrogen) atoms. The fraction of sp³-hybridized carbons (Fsp3) is 0.429. The van der Waals surface area contributed by atoms with Crippen LogP contribution in [0.4, 0.5) is 0 Å². The molecule has 3 heterocycles. The standard InChI is InChI=1S/C28H29N3O4/c1-20(34-27-8-4-5-15-33-27)28-29-13-14-31(28)19-24-18-26(35-30-24)23-11-9-21(10-12-23)6-2-3-7-22-16-25(32)17-22/h9-14,18,20,22,25,27,32H,4-5,8,15-17,19H2,1H3/t20-,22?,25?,27-/m0/s1. The molecule has 1 saturated heterocycles. The van der Waals surface area contributed by atoms with Gasteiger partial charge in [-0.3, -0.25) is 0 Å². The molecule has 180 valence electrons. The molecule has 0 unspecified atom stereocenters. The molecule has 1 saturated carbocycles. The van der Waals surface area contributed by atoms with Gasteiger partial charge in [0.2, 0.25) is 0 Å². The molecule has 1 N–H and O–H groups in total. The summed E-state index contributed by atoms with van der Waals surface area (Å²) in [6.07, 6.45) is 7.81. The topological polar surface area (TPSA) is 82.5 Å². The Kier molecular flexibility index (Phi) is 7.30.